The number of nitrogens with two attached hydrogens (primary N) is 1. The van der Waals surface area contributed by atoms with E-state index in [-0.39, 0.29) is 5.69 Å². The van der Waals surface area contributed by atoms with Gasteiger partial charge in [-0.1, -0.05) is 0 Å². The predicted octanol–water partition coefficient (Wildman–Crippen LogP) is 2.49. The summed E-state index contributed by atoms with van der Waals surface area (Å²) in [6.07, 6.45) is 3.20. The van der Waals surface area contributed by atoms with Gasteiger partial charge in [0.15, 0.2) is 5.82 Å². The average molecular weight is 248 g/mol. The van der Waals surface area contributed by atoms with Crippen molar-refractivity contribution < 1.29 is 13.9 Å². The van der Waals surface area contributed by atoms with E-state index in [2.05, 4.69) is 4.98 Å². The standard InChI is InChI=1S/C13H13FN2O2/c1-17-10-3-9(6-16-7-10)8-4-11(14)13(15)12(5-8)18-2/h3-7H,15H2,1-2H3. The number of rotatable bonds is 3. The third-order valence-electron chi connectivity index (χ3n) is 2.59. The minimum atomic E-state index is -0.521. The molecule has 5 heteroatoms. The number of pyridine rings is 1. The number of hydrogen-bond acceptors (Lipinski definition) is 4. The summed E-state index contributed by atoms with van der Waals surface area (Å²) in [5, 5.41) is 0. The van der Waals surface area contributed by atoms with Crippen LogP contribution >= 0.6 is 0 Å². The molecule has 2 aromatic rings. The fourth-order valence-corrected chi connectivity index (χ4v) is 1.62. The van der Waals surface area contributed by atoms with Gasteiger partial charge in [0.05, 0.1) is 20.4 Å². The Morgan fingerprint density at radius 3 is 2.50 bits per heavy atom. The molecule has 1 aromatic carbocycles. The van der Waals surface area contributed by atoms with Crippen LogP contribution in [0.3, 0.4) is 0 Å². The molecular weight excluding hydrogens is 235 g/mol. The first-order chi connectivity index (χ1) is 8.65. The van der Waals surface area contributed by atoms with Crippen molar-refractivity contribution in [3.8, 4) is 22.6 Å². The predicted molar refractivity (Wildman–Crippen MR) is 67.1 cm³/mol. The summed E-state index contributed by atoms with van der Waals surface area (Å²) < 4.78 is 23.7. The maximum Gasteiger partial charge on any atom is 0.150 e. The van der Waals surface area contributed by atoms with Crippen LogP contribution < -0.4 is 15.2 Å². The average Bonchev–Trinajstić information content (AvgIpc) is 2.41. The van der Waals surface area contributed by atoms with Crippen molar-refractivity contribution in [2.75, 3.05) is 20.0 Å². The Morgan fingerprint density at radius 1 is 1.06 bits per heavy atom. The molecule has 2 rings (SSSR count). The zero-order chi connectivity index (χ0) is 13.1. The van der Waals surface area contributed by atoms with E-state index >= 15 is 0 Å². The van der Waals surface area contributed by atoms with Gasteiger partial charge in [-0.3, -0.25) is 4.98 Å². The fraction of sp³-hybridized carbons (Fsp3) is 0.154. The van der Waals surface area contributed by atoms with Crippen molar-refractivity contribution in [3.05, 3.63) is 36.4 Å². The number of aromatic nitrogens is 1. The number of methoxy groups -OCH3 is 2. The van der Waals surface area contributed by atoms with E-state index in [1.807, 2.05) is 0 Å². The number of ether oxygens (including phenoxy) is 2. The second-order valence-electron chi connectivity index (χ2n) is 3.69. The summed E-state index contributed by atoms with van der Waals surface area (Å²) >= 11 is 0. The molecule has 0 unspecified atom stereocenters. The lowest BCUT2D eigenvalue weighted by Gasteiger charge is -2.09. The summed E-state index contributed by atoms with van der Waals surface area (Å²) in [6.45, 7) is 0. The molecule has 0 bridgehead atoms. The van der Waals surface area contributed by atoms with Gasteiger partial charge in [0.25, 0.3) is 0 Å². The van der Waals surface area contributed by atoms with Crippen LogP contribution in [-0.2, 0) is 0 Å². The van der Waals surface area contributed by atoms with E-state index in [0.29, 0.717) is 17.1 Å². The Hall–Kier alpha value is -2.30. The smallest absolute Gasteiger partial charge is 0.150 e. The molecule has 0 aliphatic heterocycles. The van der Waals surface area contributed by atoms with Gasteiger partial charge in [0, 0.05) is 11.8 Å². The summed E-state index contributed by atoms with van der Waals surface area (Å²) in [4.78, 5) is 4.02. The van der Waals surface area contributed by atoms with E-state index in [1.165, 1.54) is 13.2 Å². The highest BCUT2D eigenvalue weighted by molar-refractivity contribution is 5.70. The second kappa shape index (κ2) is 4.91. The molecule has 18 heavy (non-hydrogen) atoms. The maximum atomic E-state index is 13.6. The number of halogens is 1. The van der Waals surface area contributed by atoms with Crippen LogP contribution in [0.5, 0.6) is 11.5 Å². The van der Waals surface area contributed by atoms with E-state index in [9.17, 15) is 4.39 Å². The van der Waals surface area contributed by atoms with Crippen LogP contribution in [-0.4, -0.2) is 19.2 Å². The summed E-state index contributed by atoms with van der Waals surface area (Å²) in [6, 6.07) is 4.76. The number of hydrogen-bond donors (Lipinski definition) is 1. The largest absolute Gasteiger partial charge is 0.495 e. The highest BCUT2D eigenvalue weighted by atomic mass is 19.1. The molecule has 0 atom stereocenters. The van der Waals surface area contributed by atoms with Gasteiger partial charge in [-0.15, -0.1) is 0 Å². The molecule has 0 radical (unpaired) electrons. The second-order valence-corrected chi connectivity index (χ2v) is 3.69. The van der Waals surface area contributed by atoms with Gasteiger partial charge in [0.2, 0.25) is 0 Å². The molecule has 1 heterocycles. The highest BCUT2D eigenvalue weighted by Gasteiger charge is 2.10. The monoisotopic (exact) mass is 248 g/mol. The minimum absolute atomic E-state index is 0.00268. The third-order valence-corrected chi connectivity index (χ3v) is 2.59. The van der Waals surface area contributed by atoms with Crippen molar-refractivity contribution >= 4 is 5.69 Å². The topological polar surface area (TPSA) is 57.4 Å². The van der Waals surface area contributed by atoms with Crippen molar-refractivity contribution in [2.45, 2.75) is 0 Å². The lowest BCUT2D eigenvalue weighted by Crippen LogP contribution is -1.97. The van der Waals surface area contributed by atoms with Crippen LogP contribution in [0.1, 0.15) is 0 Å². The number of nitrogens with zero attached hydrogens (tertiary/aromatic N) is 1. The van der Waals surface area contributed by atoms with Crippen molar-refractivity contribution in [1.29, 1.82) is 0 Å². The molecule has 94 valence electrons. The van der Waals surface area contributed by atoms with Crippen molar-refractivity contribution in [2.24, 2.45) is 0 Å². The van der Waals surface area contributed by atoms with E-state index in [1.54, 1.807) is 31.6 Å². The lowest BCUT2D eigenvalue weighted by atomic mass is 10.1. The molecule has 4 nitrogen and oxygen atoms in total. The van der Waals surface area contributed by atoms with Crippen LogP contribution in [0.25, 0.3) is 11.1 Å². The Kier molecular flexibility index (Phi) is 3.32. The zero-order valence-electron chi connectivity index (χ0n) is 10.1. The first kappa shape index (κ1) is 12.2. The van der Waals surface area contributed by atoms with Crippen molar-refractivity contribution in [1.82, 2.24) is 4.98 Å². The van der Waals surface area contributed by atoms with Crippen LogP contribution in [0, 0.1) is 5.82 Å². The SMILES string of the molecule is COc1cncc(-c2cc(F)c(N)c(OC)c2)c1. The molecule has 0 amide bonds. The van der Waals surface area contributed by atoms with E-state index < -0.39 is 5.82 Å². The van der Waals surface area contributed by atoms with Gasteiger partial charge in [-0.2, -0.15) is 0 Å². The summed E-state index contributed by atoms with van der Waals surface area (Å²) in [5.41, 5.74) is 6.91. The molecule has 1 aromatic heterocycles. The highest BCUT2D eigenvalue weighted by Crippen LogP contribution is 2.32. The van der Waals surface area contributed by atoms with Gasteiger partial charge in [0.1, 0.15) is 17.2 Å². The lowest BCUT2D eigenvalue weighted by molar-refractivity contribution is 0.412. The quantitative estimate of drug-likeness (QED) is 0.848. The molecule has 0 saturated carbocycles. The van der Waals surface area contributed by atoms with Gasteiger partial charge in [-0.05, 0) is 23.8 Å². The Morgan fingerprint density at radius 2 is 1.83 bits per heavy atom. The zero-order valence-corrected chi connectivity index (χ0v) is 10.1. The molecule has 2 N–H and O–H groups in total. The van der Waals surface area contributed by atoms with Crippen LogP contribution in [0.2, 0.25) is 0 Å². The van der Waals surface area contributed by atoms with Gasteiger partial charge in [-0.25, -0.2) is 4.39 Å². The third kappa shape index (κ3) is 2.20. The summed E-state index contributed by atoms with van der Waals surface area (Å²) in [5.74, 6) is 0.378. The Bertz CT molecular complexity index is 573. The number of benzene rings is 1. The molecule has 0 spiro atoms. The van der Waals surface area contributed by atoms with E-state index in [4.69, 9.17) is 15.2 Å². The minimum Gasteiger partial charge on any atom is -0.495 e. The Labute approximate surface area is 104 Å². The fourth-order valence-electron chi connectivity index (χ4n) is 1.62. The molecule has 0 saturated heterocycles. The van der Waals surface area contributed by atoms with Crippen LogP contribution in [0.15, 0.2) is 30.6 Å². The molecule has 0 aliphatic rings. The maximum absolute atomic E-state index is 13.6. The molecular formula is C13H13FN2O2. The summed E-state index contributed by atoms with van der Waals surface area (Å²) in [7, 11) is 2.99. The first-order valence-corrected chi connectivity index (χ1v) is 5.28. The van der Waals surface area contributed by atoms with E-state index in [0.717, 1.165) is 5.56 Å². The van der Waals surface area contributed by atoms with Crippen molar-refractivity contribution in [3.63, 3.8) is 0 Å². The number of nitrogen functional groups attached to an aromatic ring is 1. The molecule has 0 aliphatic carbocycles. The number of anilines is 1. The normalized spacial score (nSPS) is 10.2. The van der Waals surface area contributed by atoms with Crippen LogP contribution in [0.4, 0.5) is 10.1 Å². The molecule has 0 fully saturated rings. The Balaban J connectivity index is 2.53. The first-order valence-electron chi connectivity index (χ1n) is 5.28. The van der Waals surface area contributed by atoms with Gasteiger partial charge >= 0.3 is 0 Å². The van der Waals surface area contributed by atoms with Gasteiger partial charge < -0.3 is 15.2 Å².